The molecule has 1 aromatic rings. The molecule has 124 valence electrons. The fraction of sp³-hybridized carbons (Fsp3) is 0.364. The molecule has 0 saturated carbocycles. The molecule has 1 aliphatic heterocycles. The molecule has 22 heavy (non-hydrogen) atoms. The number of benzene rings is 1. The van der Waals surface area contributed by atoms with Gasteiger partial charge in [0, 0.05) is 0 Å². The molecule has 0 aliphatic carbocycles. The van der Waals surface area contributed by atoms with Gasteiger partial charge in [-0.25, -0.2) is 0 Å². The Balaban J connectivity index is 2.76. The van der Waals surface area contributed by atoms with Crippen LogP contribution in [0, 0.1) is 9.39 Å². The van der Waals surface area contributed by atoms with Gasteiger partial charge in [-0.05, 0) is 0 Å². The molecule has 1 heterocycles. The molecule has 3 nitrogen and oxygen atoms in total. The van der Waals surface area contributed by atoms with Crippen molar-refractivity contribution in [3.05, 3.63) is 33.1 Å². The van der Waals surface area contributed by atoms with E-state index in [1.807, 2.05) is 0 Å². The van der Waals surface area contributed by atoms with Crippen molar-refractivity contribution in [2.24, 2.45) is 0 Å². The van der Waals surface area contributed by atoms with Crippen LogP contribution in [0.15, 0.2) is 18.2 Å². The van der Waals surface area contributed by atoms with Gasteiger partial charge < -0.3 is 0 Å². The van der Waals surface area contributed by atoms with E-state index < -0.39 is 59.5 Å². The number of carbonyl (C=O) groups excluding carboxylic acids is 1. The number of fused-ring (bicyclic) bond motifs is 1. The van der Waals surface area contributed by atoms with Crippen LogP contribution in [-0.4, -0.2) is 18.3 Å². The second kappa shape index (κ2) is 5.22. The fourth-order valence-electron chi connectivity index (χ4n) is 1.84. The molecule has 0 atom stereocenters. The fourth-order valence-corrected chi connectivity index (χ4v) is 5.86. The zero-order valence-corrected chi connectivity index (χ0v) is 12.6. The number of alkyl halides is 6. The average molecular weight is 446 g/mol. The van der Waals surface area contributed by atoms with E-state index in [4.69, 9.17) is 0 Å². The van der Waals surface area contributed by atoms with Gasteiger partial charge in [0.15, 0.2) is 0 Å². The summed E-state index contributed by atoms with van der Waals surface area (Å²) < 4.78 is 101. The predicted molar refractivity (Wildman–Crippen MR) is 65.8 cm³/mol. The molecule has 0 aromatic heterocycles. The molecule has 0 N–H and O–H groups in total. The Bertz CT molecular complexity index is 597. The van der Waals surface area contributed by atoms with E-state index in [0.717, 1.165) is 19.1 Å². The summed E-state index contributed by atoms with van der Waals surface area (Å²) in [6, 6.07) is 2.22. The number of rotatable bonds is 1. The molecule has 0 bridgehead atoms. The van der Waals surface area contributed by atoms with Crippen LogP contribution >= 0.6 is 20.6 Å². The first kappa shape index (κ1) is 17.2. The van der Waals surface area contributed by atoms with Crippen molar-refractivity contribution in [1.82, 2.24) is 0 Å². The van der Waals surface area contributed by atoms with Crippen LogP contribution in [0.1, 0.15) is 12.5 Å². The minimum atomic E-state index is -5.98. The Kier molecular flexibility index (Phi) is 4.09. The molecule has 1 aliphatic rings. The van der Waals surface area contributed by atoms with Crippen LogP contribution in [0.4, 0.5) is 30.7 Å². The second-order valence-electron chi connectivity index (χ2n) is 4.14. The molecule has 0 unspecified atom stereocenters. The maximum atomic E-state index is 13.8. The first-order chi connectivity index (χ1) is 9.92. The molecule has 0 fully saturated rings. The van der Waals surface area contributed by atoms with Crippen molar-refractivity contribution in [3.63, 3.8) is 0 Å². The van der Waals surface area contributed by atoms with Crippen LogP contribution in [0.3, 0.4) is 0 Å². The monoisotopic (exact) mass is 446 g/mol. The van der Waals surface area contributed by atoms with E-state index in [0.29, 0.717) is 6.07 Å². The van der Waals surface area contributed by atoms with Crippen molar-refractivity contribution >= 4 is 26.6 Å². The number of hydrogen-bond acceptors (Lipinski definition) is 3. The van der Waals surface area contributed by atoms with Crippen molar-refractivity contribution < 1.29 is 41.7 Å². The molecule has 0 saturated heterocycles. The zero-order valence-electron chi connectivity index (χ0n) is 10.5. The summed E-state index contributed by atoms with van der Waals surface area (Å²) in [6.07, 6.45) is -12.0. The van der Waals surface area contributed by atoms with Gasteiger partial charge in [0.2, 0.25) is 0 Å². The van der Waals surface area contributed by atoms with Gasteiger partial charge in [0.25, 0.3) is 0 Å². The summed E-state index contributed by atoms with van der Waals surface area (Å²) in [6.45, 7) is 0.807. The van der Waals surface area contributed by atoms with Crippen molar-refractivity contribution in [2.75, 3.05) is 0 Å². The summed E-state index contributed by atoms with van der Waals surface area (Å²) in [4.78, 5) is 10.9. The minimum absolute atomic E-state index is 0.460. The second-order valence-corrected chi connectivity index (χ2v) is 7.42. The number of halogens is 8. The third kappa shape index (κ3) is 2.43. The Labute approximate surface area is 126 Å². The molecular formula is C11H6F7IO3. The summed E-state index contributed by atoms with van der Waals surface area (Å²) in [5.41, 5.74) is -6.51. The van der Waals surface area contributed by atoms with Gasteiger partial charge in [-0.3, -0.25) is 0 Å². The number of carbonyl (C=O) groups is 1. The SMILES string of the molecule is CC(=O)OI1OC(C(F)(F)F)(C(F)(F)F)c2c(F)cccc21. The summed E-state index contributed by atoms with van der Waals surface area (Å²) in [5.74, 6) is -2.83. The average Bonchev–Trinajstić information content (AvgIpc) is 2.64. The van der Waals surface area contributed by atoms with Crippen molar-refractivity contribution in [1.29, 1.82) is 0 Å². The topological polar surface area (TPSA) is 35.5 Å². The van der Waals surface area contributed by atoms with E-state index in [9.17, 15) is 35.5 Å². The van der Waals surface area contributed by atoms with Crippen LogP contribution in [-0.2, 0) is 16.5 Å². The van der Waals surface area contributed by atoms with Crippen LogP contribution in [0.5, 0.6) is 0 Å². The third-order valence-corrected chi connectivity index (χ3v) is 6.57. The summed E-state index contributed by atoms with van der Waals surface area (Å²) >= 11 is -4.12. The van der Waals surface area contributed by atoms with Gasteiger partial charge in [0.1, 0.15) is 0 Å². The van der Waals surface area contributed by atoms with Gasteiger partial charge >= 0.3 is 126 Å². The predicted octanol–water partition coefficient (Wildman–Crippen LogP) is 4.24. The zero-order chi connectivity index (χ0) is 16.9. The molecule has 2 rings (SSSR count). The van der Waals surface area contributed by atoms with Crippen LogP contribution in [0.2, 0.25) is 0 Å². The normalized spacial score (nSPS) is 19.0. The van der Waals surface area contributed by atoms with Gasteiger partial charge in [-0.2, -0.15) is 0 Å². The molecule has 0 radical (unpaired) electrons. The maximum absolute atomic E-state index is 13.8. The Morgan fingerprint density at radius 3 is 2.18 bits per heavy atom. The first-order valence-electron chi connectivity index (χ1n) is 5.43. The Morgan fingerprint density at radius 2 is 1.73 bits per heavy atom. The van der Waals surface area contributed by atoms with Crippen molar-refractivity contribution in [3.8, 4) is 0 Å². The number of hydrogen-bond donors (Lipinski definition) is 0. The van der Waals surface area contributed by atoms with Gasteiger partial charge in [0.05, 0.1) is 0 Å². The molecule has 0 amide bonds. The van der Waals surface area contributed by atoms with E-state index >= 15 is 0 Å². The standard InChI is InChI=1S/C11H6F7IO3/c1-5(20)21-19-7-4-2-3-6(12)8(7)9(22-19,10(13,14)15)11(16,17)18/h2-4H,1H3. The van der Waals surface area contributed by atoms with E-state index in [1.54, 1.807) is 0 Å². The Morgan fingerprint density at radius 1 is 1.18 bits per heavy atom. The van der Waals surface area contributed by atoms with Gasteiger partial charge in [-0.1, -0.05) is 0 Å². The summed E-state index contributed by atoms with van der Waals surface area (Å²) in [7, 11) is 0. The first-order valence-corrected chi connectivity index (χ1v) is 8.27. The van der Waals surface area contributed by atoms with E-state index in [-0.39, 0.29) is 0 Å². The quantitative estimate of drug-likeness (QED) is 0.479. The van der Waals surface area contributed by atoms with E-state index in [1.165, 1.54) is 0 Å². The molecule has 0 spiro atoms. The third-order valence-electron chi connectivity index (χ3n) is 2.64. The molecular weight excluding hydrogens is 440 g/mol. The summed E-state index contributed by atoms with van der Waals surface area (Å²) in [5, 5.41) is 0. The van der Waals surface area contributed by atoms with Gasteiger partial charge in [-0.15, -0.1) is 0 Å². The van der Waals surface area contributed by atoms with Crippen molar-refractivity contribution in [2.45, 2.75) is 24.9 Å². The van der Waals surface area contributed by atoms with E-state index in [2.05, 4.69) is 6.13 Å². The van der Waals surface area contributed by atoms with Crippen LogP contribution < -0.4 is 0 Å². The molecule has 1 aromatic carbocycles. The molecule has 11 heteroatoms. The van der Waals surface area contributed by atoms with Crippen LogP contribution in [0.25, 0.3) is 0 Å². The Hall–Kier alpha value is -1.11.